The lowest BCUT2D eigenvalue weighted by atomic mass is 10.0. The molecule has 11 nitrogen and oxygen atoms in total. The van der Waals surface area contributed by atoms with Gasteiger partial charge in [-0.05, 0) is 31.1 Å². The summed E-state index contributed by atoms with van der Waals surface area (Å²) in [7, 11) is 0. The second-order valence-corrected chi connectivity index (χ2v) is 7.52. The quantitative estimate of drug-likeness (QED) is 0.165. The van der Waals surface area contributed by atoms with Crippen LogP contribution in [-0.4, -0.2) is 73.5 Å². The van der Waals surface area contributed by atoms with E-state index in [-0.39, 0.29) is 42.2 Å². The number of nitrogens with two attached hydrogens (primary N) is 1. The molecular formula is C20H27N3O8S. The molecule has 0 fully saturated rings. The van der Waals surface area contributed by atoms with Gasteiger partial charge in [0.25, 0.3) is 0 Å². The first-order chi connectivity index (χ1) is 14.9. The SMILES string of the molecule is C=C(C)c1cc(O)c(CN(CC(=O)O)C(=O)C(CS)NC(=O)CCC(N)C(=O)O)cc1O. The number of aromatic hydroxyl groups is 2. The van der Waals surface area contributed by atoms with Crippen molar-refractivity contribution in [3.63, 3.8) is 0 Å². The third-order valence-corrected chi connectivity index (χ3v) is 4.84. The van der Waals surface area contributed by atoms with Crippen LogP contribution in [0.3, 0.4) is 0 Å². The molecule has 1 aromatic rings. The van der Waals surface area contributed by atoms with E-state index in [4.69, 9.17) is 10.8 Å². The third-order valence-electron chi connectivity index (χ3n) is 4.47. The van der Waals surface area contributed by atoms with Crippen molar-refractivity contribution in [2.45, 2.75) is 38.4 Å². The minimum Gasteiger partial charge on any atom is -0.508 e. The second-order valence-electron chi connectivity index (χ2n) is 7.15. The van der Waals surface area contributed by atoms with Crippen molar-refractivity contribution >= 4 is 42.0 Å². The molecule has 1 aromatic carbocycles. The van der Waals surface area contributed by atoms with E-state index in [1.165, 1.54) is 12.1 Å². The van der Waals surface area contributed by atoms with Crippen LogP contribution in [0.5, 0.6) is 11.5 Å². The Labute approximate surface area is 189 Å². The van der Waals surface area contributed by atoms with Crippen molar-refractivity contribution in [1.82, 2.24) is 10.2 Å². The van der Waals surface area contributed by atoms with Gasteiger partial charge in [-0.25, -0.2) is 0 Å². The Balaban J connectivity index is 3.02. The molecule has 0 aromatic heterocycles. The predicted octanol–water partition coefficient (Wildman–Crippen LogP) is 0.151. The summed E-state index contributed by atoms with van der Waals surface area (Å²) >= 11 is 4.03. The summed E-state index contributed by atoms with van der Waals surface area (Å²) < 4.78 is 0. The molecule has 1 rings (SSSR count). The van der Waals surface area contributed by atoms with Crippen LogP contribution in [0, 0.1) is 0 Å². The number of phenolic OH excluding ortho intramolecular Hbond substituents is 2. The van der Waals surface area contributed by atoms with Gasteiger partial charge in [0.2, 0.25) is 11.8 Å². The monoisotopic (exact) mass is 469 g/mol. The van der Waals surface area contributed by atoms with Gasteiger partial charge in [-0.1, -0.05) is 6.58 Å². The predicted molar refractivity (Wildman–Crippen MR) is 118 cm³/mol. The normalized spacial score (nSPS) is 12.5. The van der Waals surface area contributed by atoms with Crippen molar-refractivity contribution in [1.29, 1.82) is 0 Å². The molecule has 176 valence electrons. The second kappa shape index (κ2) is 12.0. The molecule has 2 unspecified atom stereocenters. The van der Waals surface area contributed by atoms with Crippen LogP contribution >= 0.6 is 12.6 Å². The van der Waals surface area contributed by atoms with Gasteiger partial charge in [0.15, 0.2) is 0 Å². The lowest BCUT2D eigenvalue weighted by molar-refractivity contribution is -0.146. The molecule has 0 saturated heterocycles. The third kappa shape index (κ3) is 7.78. The number of thiol groups is 1. The van der Waals surface area contributed by atoms with Gasteiger partial charge in [0, 0.05) is 23.3 Å². The Morgan fingerprint density at radius 3 is 2.31 bits per heavy atom. The van der Waals surface area contributed by atoms with Crippen molar-refractivity contribution in [3.05, 3.63) is 29.8 Å². The Kier molecular flexibility index (Phi) is 10.0. The van der Waals surface area contributed by atoms with E-state index in [9.17, 15) is 34.5 Å². The van der Waals surface area contributed by atoms with Crippen molar-refractivity contribution in [3.8, 4) is 11.5 Å². The molecule has 0 spiro atoms. The Morgan fingerprint density at radius 2 is 1.81 bits per heavy atom. The molecule has 0 aliphatic heterocycles. The number of benzene rings is 1. The van der Waals surface area contributed by atoms with E-state index in [1.54, 1.807) is 6.92 Å². The number of nitrogens with zero attached hydrogens (tertiary/aromatic N) is 1. The summed E-state index contributed by atoms with van der Waals surface area (Å²) in [6.45, 7) is 4.19. The molecule has 2 atom stereocenters. The number of allylic oxidation sites excluding steroid dienone is 1. The molecule has 7 N–H and O–H groups in total. The fourth-order valence-electron chi connectivity index (χ4n) is 2.75. The summed E-state index contributed by atoms with van der Waals surface area (Å²) in [5, 5.41) is 40.7. The van der Waals surface area contributed by atoms with Crippen molar-refractivity contribution < 1.29 is 39.6 Å². The van der Waals surface area contributed by atoms with E-state index < -0.39 is 42.4 Å². The molecule has 32 heavy (non-hydrogen) atoms. The molecule has 0 saturated carbocycles. The number of carbonyl (C=O) groups excluding carboxylic acids is 2. The van der Waals surface area contributed by atoms with Crippen molar-refractivity contribution in [2.24, 2.45) is 5.73 Å². The zero-order chi connectivity index (χ0) is 24.6. The minimum atomic E-state index is -1.34. The topological polar surface area (TPSA) is 190 Å². The number of hydrogen-bond donors (Lipinski definition) is 7. The maximum absolute atomic E-state index is 12.9. The number of nitrogens with one attached hydrogen (secondary N) is 1. The van der Waals surface area contributed by atoms with E-state index >= 15 is 0 Å². The molecular weight excluding hydrogens is 442 g/mol. The standard InChI is InChI=1S/C20H27N3O8S/c1-10(2)12-6-15(24)11(5-16(12)25)7-23(8-18(27)28)19(29)14(9-32)22-17(26)4-3-13(21)20(30)31/h5-6,13-14,24-25,32H,1,3-4,7-9,21H2,2H3,(H,22,26)(H,27,28)(H,30,31). The lowest BCUT2D eigenvalue weighted by Crippen LogP contribution is -2.50. The zero-order valence-electron chi connectivity index (χ0n) is 17.4. The number of amides is 2. The number of carboxylic acid groups (broad SMARTS) is 2. The van der Waals surface area contributed by atoms with Crippen LogP contribution in [-0.2, 0) is 25.7 Å². The summed E-state index contributed by atoms with van der Waals surface area (Å²) in [6, 6.07) is -0.00726. The molecule has 0 aliphatic rings. The average molecular weight is 470 g/mol. The van der Waals surface area contributed by atoms with Crippen LogP contribution in [0.1, 0.15) is 30.9 Å². The van der Waals surface area contributed by atoms with Crippen LogP contribution in [0.25, 0.3) is 5.57 Å². The maximum Gasteiger partial charge on any atom is 0.323 e. The van der Waals surface area contributed by atoms with E-state index in [0.29, 0.717) is 11.1 Å². The van der Waals surface area contributed by atoms with Gasteiger partial charge in [-0.3, -0.25) is 19.2 Å². The Hall–Kier alpha value is -3.25. The molecule has 2 amide bonds. The summed E-state index contributed by atoms with van der Waals surface area (Å²) in [5.41, 5.74) is 6.21. The first kappa shape index (κ1) is 26.8. The molecule has 0 aliphatic carbocycles. The highest BCUT2D eigenvalue weighted by Gasteiger charge is 2.28. The molecule has 0 bridgehead atoms. The van der Waals surface area contributed by atoms with Crippen LogP contribution in [0.15, 0.2) is 18.7 Å². The van der Waals surface area contributed by atoms with Gasteiger partial charge in [0.05, 0.1) is 6.54 Å². The van der Waals surface area contributed by atoms with Gasteiger partial charge >= 0.3 is 11.9 Å². The first-order valence-electron chi connectivity index (χ1n) is 9.47. The van der Waals surface area contributed by atoms with Gasteiger partial charge in [0.1, 0.15) is 30.1 Å². The minimum absolute atomic E-state index is 0.0822. The highest BCUT2D eigenvalue weighted by Crippen LogP contribution is 2.32. The highest BCUT2D eigenvalue weighted by molar-refractivity contribution is 7.80. The number of aliphatic carboxylic acids is 2. The van der Waals surface area contributed by atoms with Crippen molar-refractivity contribution in [2.75, 3.05) is 12.3 Å². The number of rotatable bonds is 12. The highest BCUT2D eigenvalue weighted by atomic mass is 32.1. The molecule has 0 radical (unpaired) electrons. The Bertz CT molecular complexity index is 905. The van der Waals surface area contributed by atoms with Crippen LogP contribution < -0.4 is 11.1 Å². The largest absolute Gasteiger partial charge is 0.508 e. The average Bonchev–Trinajstić information content (AvgIpc) is 2.70. The summed E-state index contributed by atoms with van der Waals surface area (Å²) in [6.07, 6.45) is -0.420. The lowest BCUT2D eigenvalue weighted by Gasteiger charge is -2.26. The van der Waals surface area contributed by atoms with E-state index in [1.807, 2.05) is 0 Å². The van der Waals surface area contributed by atoms with E-state index in [2.05, 4.69) is 24.5 Å². The number of phenols is 2. The van der Waals surface area contributed by atoms with E-state index in [0.717, 1.165) is 4.90 Å². The van der Waals surface area contributed by atoms with Gasteiger partial charge in [-0.15, -0.1) is 0 Å². The fraction of sp³-hybridized carbons (Fsp3) is 0.400. The smallest absolute Gasteiger partial charge is 0.323 e. The first-order valence-corrected chi connectivity index (χ1v) is 10.1. The Morgan fingerprint density at radius 1 is 1.19 bits per heavy atom. The molecule has 0 heterocycles. The summed E-state index contributed by atoms with van der Waals surface area (Å²) in [4.78, 5) is 47.9. The fourth-order valence-corrected chi connectivity index (χ4v) is 3.00. The zero-order valence-corrected chi connectivity index (χ0v) is 18.3. The van der Waals surface area contributed by atoms with Crippen LogP contribution in [0.2, 0.25) is 0 Å². The number of carboxylic acids is 2. The maximum atomic E-state index is 12.9. The van der Waals surface area contributed by atoms with Crippen LogP contribution in [0.4, 0.5) is 0 Å². The molecule has 12 heteroatoms. The number of hydrogen-bond acceptors (Lipinski definition) is 8. The van der Waals surface area contributed by atoms with Gasteiger partial charge in [-0.2, -0.15) is 12.6 Å². The van der Waals surface area contributed by atoms with Gasteiger partial charge < -0.3 is 36.4 Å². The summed E-state index contributed by atoms with van der Waals surface area (Å²) in [5.74, 6) is -4.71. The number of carbonyl (C=O) groups is 4.